The standard InChI is InChI=1S/C16H20ClN3/c1-3-9-20(10-4-2)16-11-15(18-12-19-16)13-5-7-14(17)8-6-13/h5-8,11-12H,3-4,9-10H2,1-2H3. The molecule has 3 nitrogen and oxygen atoms in total. The van der Waals surface area contributed by atoms with Crippen LogP contribution in [0.1, 0.15) is 26.7 Å². The van der Waals surface area contributed by atoms with E-state index in [0.717, 1.165) is 48.0 Å². The smallest absolute Gasteiger partial charge is 0.132 e. The summed E-state index contributed by atoms with van der Waals surface area (Å²) in [5.74, 6) is 0.994. The second kappa shape index (κ2) is 7.25. The van der Waals surface area contributed by atoms with E-state index < -0.39 is 0 Å². The Kier molecular flexibility index (Phi) is 5.36. The topological polar surface area (TPSA) is 29.0 Å². The van der Waals surface area contributed by atoms with Crippen LogP contribution in [0.15, 0.2) is 36.7 Å². The molecule has 0 saturated heterocycles. The molecule has 0 spiro atoms. The summed E-state index contributed by atoms with van der Waals surface area (Å²) >= 11 is 5.92. The molecule has 0 aliphatic rings. The molecule has 2 aromatic rings. The first-order valence-corrected chi connectivity index (χ1v) is 7.45. The van der Waals surface area contributed by atoms with E-state index in [1.165, 1.54) is 0 Å². The molecule has 20 heavy (non-hydrogen) atoms. The minimum Gasteiger partial charge on any atom is -0.357 e. The van der Waals surface area contributed by atoms with Gasteiger partial charge < -0.3 is 4.90 Å². The summed E-state index contributed by atoms with van der Waals surface area (Å²) in [5.41, 5.74) is 2.00. The third-order valence-corrected chi connectivity index (χ3v) is 3.36. The van der Waals surface area contributed by atoms with Crippen LogP contribution in [0, 0.1) is 0 Å². The van der Waals surface area contributed by atoms with Crippen LogP contribution in [0.3, 0.4) is 0 Å². The van der Waals surface area contributed by atoms with E-state index in [0.29, 0.717) is 0 Å². The fourth-order valence-electron chi connectivity index (χ4n) is 2.18. The summed E-state index contributed by atoms with van der Waals surface area (Å²) < 4.78 is 0. The minimum absolute atomic E-state index is 0.738. The van der Waals surface area contributed by atoms with Gasteiger partial charge in [0.1, 0.15) is 12.1 Å². The molecule has 0 unspecified atom stereocenters. The van der Waals surface area contributed by atoms with E-state index in [1.807, 2.05) is 24.3 Å². The van der Waals surface area contributed by atoms with Gasteiger partial charge in [-0.25, -0.2) is 9.97 Å². The van der Waals surface area contributed by atoms with Gasteiger partial charge in [0.25, 0.3) is 0 Å². The molecular weight excluding hydrogens is 270 g/mol. The van der Waals surface area contributed by atoms with Crippen LogP contribution in [-0.4, -0.2) is 23.1 Å². The average molecular weight is 290 g/mol. The maximum absolute atomic E-state index is 5.92. The quantitative estimate of drug-likeness (QED) is 0.788. The molecule has 0 saturated carbocycles. The molecule has 0 N–H and O–H groups in total. The van der Waals surface area contributed by atoms with Crippen molar-refractivity contribution in [3.8, 4) is 11.3 Å². The molecule has 0 aliphatic carbocycles. The summed E-state index contributed by atoms with van der Waals surface area (Å²) in [6, 6.07) is 9.79. The van der Waals surface area contributed by atoms with Crippen molar-refractivity contribution in [2.24, 2.45) is 0 Å². The zero-order chi connectivity index (χ0) is 14.4. The Balaban J connectivity index is 2.28. The maximum Gasteiger partial charge on any atom is 0.132 e. The molecule has 2 rings (SSSR count). The van der Waals surface area contributed by atoms with Gasteiger partial charge in [0, 0.05) is 29.7 Å². The van der Waals surface area contributed by atoms with E-state index >= 15 is 0 Å². The van der Waals surface area contributed by atoms with Gasteiger partial charge in [0.05, 0.1) is 5.69 Å². The third-order valence-electron chi connectivity index (χ3n) is 3.10. The largest absolute Gasteiger partial charge is 0.357 e. The molecule has 0 fully saturated rings. The molecule has 0 bridgehead atoms. The zero-order valence-corrected chi connectivity index (χ0v) is 12.8. The Hall–Kier alpha value is -1.61. The number of aromatic nitrogens is 2. The van der Waals surface area contributed by atoms with Gasteiger partial charge in [-0.2, -0.15) is 0 Å². The summed E-state index contributed by atoms with van der Waals surface area (Å²) in [4.78, 5) is 11.1. The summed E-state index contributed by atoms with van der Waals surface area (Å²) in [6.07, 6.45) is 3.86. The van der Waals surface area contributed by atoms with Gasteiger partial charge in [-0.1, -0.05) is 37.6 Å². The third kappa shape index (κ3) is 3.70. The highest BCUT2D eigenvalue weighted by Gasteiger charge is 2.08. The van der Waals surface area contributed by atoms with Crippen molar-refractivity contribution in [3.05, 3.63) is 41.7 Å². The van der Waals surface area contributed by atoms with Crippen LogP contribution in [0.2, 0.25) is 5.02 Å². The highest BCUT2D eigenvalue weighted by atomic mass is 35.5. The molecule has 0 amide bonds. The normalized spacial score (nSPS) is 10.6. The van der Waals surface area contributed by atoms with Crippen molar-refractivity contribution >= 4 is 17.4 Å². The molecule has 1 heterocycles. The van der Waals surface area contributed by atoms with Gasteiger partial charge >= 0.3 is 0 Å². The molecule has 1 aromatic heterocycles. The predicted molar refractivity (Wildman–Crippen MR) is 85.3 cm³/mol. The van der Waals surface area contributed by atoms with Gasteiger partial charge in [-0.15, -0.1) is 0 Å². The van der Waals surface area contributed by atoms with E-state index in [2.05, 4.69) is 34.8 Å². The number of benzene rings is 1. The molecular formula is C16H20ClN3. The van der Waals surface area contributed by atoms with Crippen LogP contribution in [0.5, 0.6) is 0 Å². The van der Waals surface area contributed by atoms with Gasteiger partial charge in [-0.05, 0) is 25.0 Å². The van der Waals surface area contributed by atoms with Crippen LogP contribution >= 0.6 is 11.6 Å². The lowest BCUT2D eigenvalue weighted by atomic mass is 10.1. The first kappa shape index (κ1) is 14.8. The summed E-state index contributed by atoms with van der Waals surface area (Å²) in [5, 5.41) is 0.738. The number of rotatable bonds is 6. The summed E-state index contributed by atoms with van der Waals surface area (Å²) in [7, 11) is 0. The van der Waals surface area contributed by atoms with Crippen molar-refractivity contribution in [2.45, 2.75) is 26.7 Å². The fraction of sp³-hybridized carbons (Fsp3) is 0.375. The van der Waals surface area contributed by atoms with Crippen molar-refractivity contribution in [1.82, 2.24) is 9.97 Å². The molecule has 4 heteroatoms. The maximum atomic E-state index is 5.92. The molecule has 0 radical (unpaired) electrons. The Morgan fingerprint density at radius 3 is 2.25 bits per heavy atom. The van der Waals surface area contributed by atoms with Gasteiger partial charge in [0.2, 0.25) is 0 Å². The zero-order valence-electron chi connectivity index (χ0n) is 12.0. The number of hydrogen-bond acceptors (Lipinski definition) is 3. The van der Waals surface area contributed by atoms with E-state index in [4.69, 9.17) is 11.6 Å². The first-order valence-electron chi connectivity index (χ1n) is 7.07. The lowest BCUT2D eigenvalue weighted by molar-refractivity contribution is 0.733. The summed E-state index contributed by atoms with van der Waals surface area (Å²) in [6.45, 7) is 6.41. The Morgan fingerprint density at radius 1 is 1.00 bits per heavy atom. The highest BCUT2D eigenvalue weighted by Crippen LogP contribution is 2.22. The molecule has 1 aromatic carbocycles. The Labute approximate surface area is 125 Å². The van der Waals surface area contributed by atoms with Crippen LogP contribution in [0.25, 0.3) is 11.3 Å². The van der Waals surface area contributed by atoms with Crippen LogP contribution < -0.4 is 4.90 Å². The number of halogens is 1. The van der Waals surface area contributed by atoms with E-state index in [1.54, 1.807) is 6.33 Å². The van der Waals surface area contributed by atoms with Crippen molar-refractivity contribution in [2.75, 3.05) is 18.0 Å². The number of hydrogen-bond donors (Lipinski definition) is 0. The predicted octanol–water partition coefficient (Wildman–Crippen LogP) is 4.42. The van der Waals surface area contributed by atoms with Crippen molar-refractivity contribution < 1.29 is 0 Å². The lowest BCUT2D eigenvalue weighted by Gasteiger charge is -2.22. The Morgan fingerprint density at radius 2 is 1.65 bits per heavy atom. The van der Waals surface area contributed by atoms with Crippen molar-refractivity contribution in [3.63, 3.8) is 0 Å². The second-order valence-corrected chi connectivity index (χ2v) is 5.19. The first-order chi connectivity index (χ1) is 9.74. The van der Waals surface area contributed by atoms with E-state index in [9.17, 15) is 0 Å². The number of anilines is 1. The minimum atomic E-state index is 0.738. The SMILES string of the molecule is CCCN(CCC)c1cc(-c2ccc(Cl)cc2)ncn1. The van der Waals surface area contributed by atoms with Gasteiger partial charge in [-0.3, -0.25) is 0 Å². The van der Waals surface area contributed by atoms with E-state index in [-0.39, 0.29) is 0 Å². The molecule has 0 atom stereocenters. The van der Waals surface area contributed by atoms with Crippen LogP contribution in [-0.2, 0) is 0 Å². The lowest BCUT2D eigenvalue weighted by Crippen LogP contribution is -2.25. The fourth-order valence-corrected chi connectivity index (χ4v) is 2.31. The van der Waals surface area contributed by atoms with Crippen molar-refractivity contribution in [1.29, 1.82) is 0 Å². The number of nitrogens with zero attached hydrogens (tertiary/aromatic N) is 3. The second-order valence-electron chi connectivity index (χ2n) is 4.76. The monoisotopic (exact) mass is 289 g/mol. The van der Waals surface area contributed by atoms with Gasteiger partial charge in [0.15, 0.2) is 0 Å². The average Bonchev–Trinajstić information content (AvgIpc) is 2.48. The highest BCUT2D eigenvalue weighted by molar-refractivity contribution is 6.30. The molecule has 106 valence electrons. The molecule has 0 aliphatic heterocycles. The Bertz CT molecular complexity index is 534. The van der Waals surface area contributed by atoms with Crippen LogP contribution in [0.4, 0.5) is 5.82 Å².